The second-order valence-corrected chi connectivity index (χ2v) is 3.33. The Bertz CT molecular complexity index is 355. The van der Waals surface area contributed by atoms with Crippen LogP contribution in [0.2, 0.25) is 0 Å². The molecule has 0 saturated carbocycles. The Balaban J connectivity index is 2.06. The number of nitrogen functional groups attached to an aromatic ring is 1. The number of anilines is 1. The third-order valence-electron chi connectivity index (χ3n) is 2.12. The van der Waals surface area contributed by atoms with E-state index in [9.17, 15) is 4.79 Å². The molecule has 0 amide bonds. The van der Waals surface area contributed by atoms with E-state index >= 15 is 0 Å². The first-order valence-corrected chi connectivity index (χ1v) is 4.37. The topological polar surface area (TPSA) is 66.5 Å². The molecule has 1 aliphatic heterocycles. The van der Waals surface area contributed by atoms with Gasteiger partial charge < -0.3 is 19.8 Å². The van der Waals surface area contributed by atoms with Gasteiger partial charge in [0.1, 0.15) is 11.8 Å². The molecule has 0 aliphatic carbocycles. The van der Waals surface area contributed by atoms with Crippen molar-refractivity contribution in [3.8, 4) is 0 Å². The summed E-state index contributed by atoms with van der Waals surface area (Å²) in [4.78, 5) is 11.5. The largest absolute Gasteiger partial charge is 0.453 e. The molecular weight excluding hydrogens is 184 g/mol. The van der Waals surface area contributed by atoms with Gasteiger partial charge in [-0.05, 0) is 6.07 Å². The first kappa shape index (κ1) is 9.08. The third kappa shape index (κ3) is 1.58. The minimum atomic E-state index is -0.350. The van der Waals surface area contributed by atoms with Crippen molar-refractivity contribution in [1.82, 2.24) is 4.57 Å². The molecular formula is C9H12N2O3. The van der Waals surface area contributed by atoms with Gasteiger partial charge in [-0.15, -0.1) is 0 Å². The predicted molar refractivity (Wildman–Crippen MR) is 49.8 cm³/mol. The van der Waals surface area contributed by atoms with Crippen molar-refractivity contribution >= 4 is 11.7 Å². The average Bonchev–Trinajstić information content (AvgIpc) is 2.37. The summed E-state index contributed by atoms with van der Waals surface area (Å²) in [5.41, 5.74) is 6.57. The summed E-state index contributed by atoms with van der Waals surface area (Å²) in [5, 5.41) is 0. The zero-order valence-corrected chi connectivity index (χ0v) is 7.90. The number of ether oxygens (including phenoxy) is 2. The molecule has 1 fully saturated rings. The fourth-order valence-corrected chi connectivity index (χ4v) is 1.29. The van der Waals surface area contributed by atoms with Gasteiger partial charge in [-0.25, -0.2) is 4.79 Å². The highest BCUT2D eigenvalue weighted by Crippen LogP contribution is 2.13. The maximum atomic E-state index is 11.5. The van der Waals surface area contributed by atoms with E-state index in [1.807, 2.05) is 0 Å². The van der Waals surface area contributed by atoms with Crippen LogP contribution in [0.3, 0.4) is 0 Å². The molecule has 0 radical (unpaired) electrons. The number of aryl methyl sites for hydroxylation is 1. The molecule has 1 saturated heterocycles. The first-order chi connectivity index (χ1) is 6.66. The number of nitrogens with zero attached hydrogens (tertiary/aromatic N) is 1. The quantitative estimate of drug-likeness (QED) is 0.684. The van der Waals surface area contributed by atoms with Gasteiger partial charge in [0.2, 0.25) is 0 Å². The van der Waals surface area contributed by atoms with Crippen LogP contribution in [0, 0.1) is 0 Å². The molecule has 14 heavy (non-hydrogen) atoms. The van der Waals surface area contributed by atoms with Crippen LogP contribution in [0.25, 0.3) is 0 Å². The van der Waals surface area contributed by atoms with Crippen LogP contribution in [-0.2, 0) is 16.5 Å². The van der Waals surface area contributed by atoms with Gasteiger partial charge in [0.05, 0.1) is 18.9 Å². The summed E-state index contributed by atoms with van der Waals surface area (Å²) in [6.45, 7) is 0.983. The van der Waals surface area contributed by atoms with Gasteiger partial charge in [-0.1, -0.05) is 0 Å². The van der Waals surface area contributed by atoms with E-state index in [2.05, 4.69) is 0 Å². The monoisotopic (exact) mass is 196 g/mol. The fourth-order valence-electron chi connectivity index (χ4n) is 1.29. The molecule has 0 bridgehead atoms. The maximum Gasteiger partial charge on any atom is 0.355 e. The van der Waals surface area contributed by atoms with Gasteiger partial charge in [0, 0.05) is 13.2 Å². The summed E-state index contributed by atoms with van der Waals surface area (Å²) < 4.78 is 11.7. The van der Waals surface area contributed by atoms with E-state index in [4.69, 9.17) is 15.2 Å². The van der Waals surface area contributed by atoms with Crippen molar-refractivity contribution in [3.63, 3.8) is 0 Å². The number of rotatable bonds is 2. The normalized spacial score (nSPS) is 16.4. The summed E-state index contributed by atoms with van der Waals surface area (Å²) in [6.07, 6.45) is 1.58. The van der Waals surface area contributed by atoms with Gasteiger partial charge in [-0.2, -0.15) is 0 Å². The highest BCUT2D eigenvalue weighted by Gasteiger charge is 2.24. The Morgan fingerprint density at radius 1 is 1.71 bits per heavy atom. The molecule has 5 nitrogen and oxygen atoms in total. The van der Waals surface area contributed by atoms with Crippen LogP contribution in [0.15, 0.2) is 12.3 Å². The van der Waals surface area contributed by atoms with E-state index in [-0.39, 0.29) is 12.1 Å². The number of hydrogen-bond acceptors (Lipinski definition) is 4. The standard InChI is InChI=1S/C9H12N2O3/c1-11-3-6(10)2-8(11)9(12)14-7-4-13-5-7/h2-3,7H,4-5,10H2,1H3. The van der Waals surface area contributed by atoms with Crippen LogP contribution in [0.5, 0.6) is 0 Å². The summed E-state index contributed by atoms with van der Waals surface area (Å²) in [6, 6.07) is 1.60. The Hall–Kier alpha value is -1.49. The summed E-state index contributed by atoms with van der Waals surface area (Å²) in [7, 11) is 1.75. The molecule has 5 heteroatoms. The number of hydrogen-bond donors (Lipinski definition) is 1. The van der Waals surface area contributed by atoms with E-state index in [1.165, 1.54) is 0 Å². The lowest BCUT2D eigenvalue weighted by Gasteiger charge is -2.25. The number of nitrogens with two attached hydrogens (primary N) is 1. The maximum absolute atomic E-state index is 11.5. The fraction of sp³-hybridized carbons (Fsp3) is 0.444. The smallest absolute Gasteiger partial charge is 0.355 e. The molecule has 1 aromatic rings. The molecule has 0 aromatic carbocycles. The summed E-state index contributed by atoms with van der Waals surface area (Å²) in [5.74, 6) is -0.350. The molecule has 2 N–H and O–H groups in total. The van der Waals surface area contributed by atoms with Crippen molar-refractivity contribution in [2.75, 3.05) is 18.9 Å². The van der Waals surface area contributed by atoms with Crippen molar-refractivity contribution in [3.05, 3.63) is 18.0 Å². The van der Waals surface area contributed by atoms with Crippen LogP contribution in [-0.4, -0.2) is 29.9 Å². The van der Waals surface area contributed by atoms with Crippen LogP contribution >= 0.6 is 0 Å². The highest BCUT2D eigenvalue weighted by molar-refractivity contribution is 5.89. The number of carbonyl (C=O) groups excluding carboxylic acids is 1. The Kier molecular flexibility index (Phi) is 2.17. The molecule has 2 rings (SSSR count). The molecule has 1 aliphatic rings. The van der Waals surface area contributed by atoms with Gasteiger partial charge >= 0.3 is 5.97 Å². The number of carbonyl (C=O) groups is 1. The molecule has 2 heterocycles. The minimum absolute atomic E-state index is 0.0985. The van der Waals surface area contributed by atoms with Crippen molar-refractivity contribution < 1.29 is 14.3 Å². The lowest BCUT2D eigenvalue weighted by atomic mass is 10.3. The molecule has 1 aromatic heterocycles. The second-order valence-electron chi connectivity index (χ2n) is 3.33. The number of aromatic nitrogens is 1. The van der Waals surface area contributed by atoms with Gasteiger partial charge in [0.25, 0.3) is 0 Å². The average molecular weight is 196 g/mol. The van der Waals surface area contributed by atoms with Crippen LogP contribution < -0.4 is 5.73 Å². The van der Waals surface area contributed by atoms with E-state index in [0.717, 1.165) is 0 Å². The van der Waals surface area contributed by atoms with E-state index < -0.39 is 0 Å². The second kappa shape index (κ2) is 3.34. The highest BCUT2D eigenvalue weighted by atomic mass is 16.6. The molecule has 0 atom stereocenters. The Labute approximate surface area is 81.4 Å². The molecule has 0 spiro atoms. The van der Waals surface area contributed by atoms with E-state index in [1.54, 1.807) is 23.9 Å². The molecule has 76 valence electrons. The first-order valence-electron chi connectivity index (χ1n) is 4.37. The number of esters is 1. The third-order valence-corrected chi connectivity index (χ3v) is 2.12. The van der Waals surface area contributed by atoms with E-state index in [0.29, 0.717) is 24.6 Å². The van der Waals surface area contributed by atoms with Crippen LogP contribution in [0.1, 0.15) is 10.5 Å². The zero-order valence-electron chi connectivity index (χ0n) is 7.90. The van der Waals surface area contributed by atoms with Crippen molar-refractivity contribution in [2.45, 2.75) is 6.10 Å². The van der Waals surface area contributed by atoms with Crippen molar-refractivity contribution in [2.24, 2.45) is 7.05 Å². The van der Waals surface area contributed by atoms with Gasteiger partial charge in [-0.3, -0.25) is 0 Å². The molecule has 0 unspecified atom stereocenters. The lowest BCUT2D eigenvalue weighted by Crippen LogP contribution is -2.38. The minimum Gasteiger partial charge on any atom is -0.453 e. The van der Waals surface area contributed by atoms with Crippen LogP contribution in [0.4, 0.5) is 5.69 Å². The van der Waals surface area contributed by atoms with Gasteiger partial charge in [0.15, 0.2) is 0 Å². The predicted octanol–water partition coefficient (Wildman–Crippen LogP) is 0.163. The SMILES string of the molecule is Cn1cc(N)cc1C(=O)OC1COC1. The Morgan fingerprint density at radius 3 is 2.86 bits per heavy atom. The zero-order chi connectivity index (χ0) is 10.1. The summed E-state index contributed by atoms with van der Waals surface area (Å²) >= 11 is 0. The van der Waals surface area contributed by atoms with Crippen molar-refractivity contribution in [1.29, 1.82) is 0 Å². The lowest BCUT2D eigenvalue weighted by molar-refractivity contribution is -0.103. The Morgan fingerprint density at radius 2 is 2.43 bits per heavy atom.